The molecular formula is C17H21N3O2. The van der Waals surface area contributed by atoms with Crippen LogP contribution in [-0.2, 0) is 18.4 Å². The minimum Gasteiger partial charge on any atom is -0.466 e. The van der Waals surface area contributed by atoms with Gasteiger partial charge in [-0.25, -0.2) is 4.99 Å². The van der Waals surface area contributed by atoms with Crippen molar-refractivity contribution < 1.29 is 9.52 Å². The fraction of sp³-hybridized carbons (Fsp3) is 0.353. The van der Waals surface area contributed by atoms with Crippen LogP contribution >= 0.6 is 0 Å². The molecule has 2 aromatic rings. The molecule has 1 aromatic heterocycles. The highest BCUT2D eigenvalue weighted by molar-refractivity contribution is 5.92. The van der Waals surface area contributed by atoms with Gasteiger partial charge in [-0.2, -0.15) is 0 Å². The Morgan fingerprint density at radius 2 is 2.18 bits per heavy atom. The number of hydrogen-bond donors (Lipinski definition) is 3. The Bertz CT molecular complexity index is 675. The Kier molecular flexibility index (Phi) is 3.90. The molecule has 3 rings (SSSR count). The van der Waals surface area contributed by atoms with Crippen LogP contribution in [0.1, 0.15) is 30.2 Å². The smallest absolute Gasteiger partial charge is 0.193 e. The van der Waals surface area contributed by atoms with Gasteiger partial charge in [0.15, 0.2) is 5.96 Å². The second-order valence-corrected chi connectivity index (χ2v) is 5.91. The third kappa shape index (κ3) is 3.14. The molecule has 5 heteroatoms. The largest absolute Gasteiger partial charge is 0.466 e. The van der Waals surface area contributed by atoms with Gasteiger partial charge in [0.1, 0.15) is 11.4 Å². The number of nitrogens with two attached hydrogens (primary N) is 1. The zero-order valence-corrected chi connectivity index (χ0v) is 12.7. The zero-order valence-electron chi connectivity index (χ0n) is 12.7. The summed E-state index contributed by atoms with van der Waals surface area (Å²) in [5.41, 5.74) is 8.46. The monoisotopic (exact) mass is 299 g/mol. The second kappa shape index (κ2) is 5.85. The maximum atomic E-state index is 10.3. The molecule has 22 heavy (non-hydrogen) atoms. The van der Waals surface area contributed by atoms with Gasteiger partial charge in [0.2, 0.25) is 0 Å². The van der Waals surface area contributed by atoms with Crippen LogP contribution < -0.4 is 11.1 Å². The number of anilines is 1. The van der Waals surface area contributed by atoms with Crippen LogP contribution in [0, 0.1) is 0 Å². The molecule has 1 heterocycles. The molecule has 1 aliphatic carbocycles. The summed E-state index contributed by atoms with van der Waals surface area (Å²) in [6.45, 7) is 1.78. The second-order valence-electron chi connectivity index (χ2n) is 5.91. The third-order valence-electron chi connectivity index (χ3n) is 3.98. The maximum absolute atomic E-state index is 10.3. The number of guanidine groups is 1. The zero-order chi connectivity index (χ0) is 15.6. The lowest BCUT2D eigenvalue weighted by Crippen LogP contribution is -2.29. The average molecular weight is 299 g/mol. The van der Waals surface area contributed by atoms with Gasteiger partial charge in [0.05, 0.1) is 12.8 Å². The molecule has 0 spiro atoms. The molecule has 0 amide bonds. The van der Waals surface area contributed by atoms with Gasteiger partial charge in [0, 0.05) is 5.69 Å². The number of aryl methyl sites for hydroxylation is 2. The fourth-order valence-electron chi connectivity index (χ4n) is 2.74. The van der Waals surface area contributed by atoms with Crippen molar-refractivity contribution in [1.82, 2.24) is 0 Å². The summed E-state index contributed by atoms with van der Waals surface area (Å²) in [4.78, 5) is 4.21. The van der Waals surface area contributed by atoms with E-state index in [0.29, 0.717) is 5.76 Å². The molecule has 5 nitrogen and oxygen atoms in total. The fourth-order valence-corrected chi connectivity index (χ4v) is 2.74. The van der Waals surface area contributed by atoms with Crippen molar-refractivity contribution in [1.29, 1.82) is 0 Å². The molecule has 1 atom stereocenters. The van der Waals surface area contributed by atoms with Crippen LogP contribution in [0.2, 0.25) is 0 Å². The van der Waals surface area contributed by atoms with E-state index in [-0.39, 0.29) is 12.5 Å². The Morgan fingerprint density at radius 3 is 2.95 bits per heavy atom. The van der Waals surface area contributed by atoms with Crippen LogP contribution in [0.25, 0.3) is 0 Å². The van der Waals surface area contributed by atoms with Crippen molar-refractivity contribution >= 4 is 11.6 Å². The van der Waals surface area contributed by atoms with E-state index >= 15 is 0 Å². The number of furan rings is 1. The number of hydrogen-bond acceptors (Lipinski definition) is 3. The van der Waals surface area contributed by atoms with E-state index in [2.05, 4.69) is 22.4 Å². The van der Waals surface area contributed by atoms with Gasteiger partial charge in [-0.05, 0) is 61.6 Å². The van der Waals surface area contributed by atoms with Crippen molar-refractivity contribution in [3.8, 4) is 0 Å². The molecule has 116 valence electrons. The number of aliphatic imine (C=N–C) groups is 1. The number of fused-ring (bicyclic) bond motifs is 1. The molecule has 1 unspecified atom stereocenters. The van der Waals surface area contributed by atoms with Crippen molar-refractivity contribution in [2.45, 2.75) is 31.8 Å². The van der Waals surface area contributed by atoms with Crippen molar-refractivity contribution in [2.75, 3.05) is 11.9 Å². The van der Waals surface area contributed by atoms with Gasteiger partial charge < -0.3 is 20.6 Å². The molecule has 0 aliphatic heterocycles. The number of nitrogens with one attached hydrogen (secondary N) is 1. The van der Waals surface area contributed by atoms with Gasteiger partial charge in [-0.15, -0.1) is 0 Å². The van der Waals surface area contributed by atoms with Crippen LogP contribution in [0.4, 0.5) is 5.69 Å². The Morgan fingerprint density at radius 1 is 1.36 bits per heavy atom. The van der Waals surface area contributed by atoms with Crippen molar-refractivity contribution in [2.24, 2.45) is 10.7 Å². The van der Waals surface area contributed by atoms with Crippen molar-refractivity contribution in [3.05, 3.63) is 53.5 Å². The summed E-state index contributed by atoms with van der Waals surface area (Å²) in [6.07, 6.45) is 5.02. The summed E-state index contributed by atoms with van der Waals surface area (Å²) < 4.78 is 5.22. The predicted octanol–water partition coefficient (Wildman–Crippen LogP) is 2.40. The molecule has 0 fully saturated rings. The SMILES string of the molecule is CC(O)(CN=C(N)Nc1ccc2c(c1)CCC2)c1ccco1. The standard InChI is InChI=1S/C17H21N3O2/c1-17(21,15-6-3-9-22-15)11-19-16(18)20-14-8-7-12-4-2-5-13(12)10-14/h3,6-10,21H,2,4-5,11H2,1H3,(H3,18,19,20). The Hall–Kier alpha value is -2.27. The summed E-state index contributed by atoms with van der Waals surface area (Å²) >= 11 is 0. The van der Waals surface area contributed by atoms with E-state index in [0.717, 1.165) is 18.5 Å². The van der Waals surface area contributed by atoms with E-state index < -0.39 is 5.60 Å². The Labute approximate surface area is 129 Å². The Balaban J connectivity index is 1.65. The molecule has 1 aliphatic rings. The lowest BCUT2D eigenvalue weighted by molar-refractivity contribution is 0.0438. The lowest BCUT2D eigenvalue weighted by Gasteiger charge is -2.18. The van der Waals surface area contributed by atoms with Gasteiger partial charge in [-0.1, -0.05) is 6.07 Å². The van der Waals surface area contributed by atoms with E-state index in [1.165, 1.54) is 23.8 Å². The quantitative estimate of drug-likeness (QED) is 0.598. The molecule has 0 saturated carbocycles. The molecular weight excluding hydrogens is 278 g/mol. The highest BCUT2D eigenvalue weighted by Gasteiger charge is 2.25. The summed E-state index contributed by atoms with van der Waals surface area (Å²) in [5, 5.41) is 13.4. The molecule has 4 N–H and O–H groups in total. The summed E-state index contributed by atoms with van der Waals surface area (Å²) in [6, 6.07) is 9.73. The van der Waals surface area contributed by atoms with E-state index in [4.69, 9.17) is 10.2 Å². The highest BCUT2D eigenvalue weighted by Crippen LogP contribution is 2.25. The van der Waals surface area contributed by atoms with Crippen LogP contribution in [-0.4, -0.2) is 17.6 Å². The van der Waals surface area contributed by atoms with Gasteiger partial charge in [-0.3, -0.25) is 0 Å². The lowest BCUT2D eigenvalue weighted by atomic mass is 10.0. The number of nitrogens with zero attached hydrogens (tertiary/aromatic N) is 1. The first-order valence-electron chi connectivity index (χ1n) is 7.50. The first-order chi connectivity index (χ1) is 10.5. The van der Waals surface area contributed by atoms with E-state index in [9.17, 15) is 5.11 Å². The molecule has 0 radical (unpaired) electrons. The number of aliphatic hydroxyl groups is 1. The first-order valence-corrected chi connectivity index (χ1v) is 7.50. The third-order valence-corrected chi connectivity index (χ3v) is 3.98. The summed E-state index contributed by atoms with van der Waals surface area (Å²) in [5.74, 6) is 0.756. The topological polar surface area (TPSA) is 83.8 Å². The molecule has 0 saturated heterocycles. The highest BCUT2D eigenvalue weighted by atomic mass is 16.4. The van der Waals surface area contributed by atoms with Crippen molar-refractivity contribution in [3.63, 3.8) is 0 Å². The predicted molar refractivity (Wildman–Crippen MR) is 86.9 cm³/mol. The molecule has 1 aromatic carbocycles. The van der Waals surface area contributed by atoms with Gasteiger partial charge >= 0.3 is 0 Å². The summed E-state index contributed by atoms with van der Waals surface area (Å²) in [7, 11) is 0. The number of rotatable bonds is 4. The first kappa shape index (κ1) is 14.7. The van der Waals surface area contributed by atoms with E-state index in [1.54, 1.807) is 19.1 Å². The normalized spacial score (nSPS) is 17.1. The van der Waals surface area contributed by atoms with Crippen LogP contribution in [0.15, 0.2) is 46.0 Å². The average Bonchev–Trinajstić information content (AvgIpc) is 3.16. The van der Waals surface area contributed by atoms with E-state index in [1.807, 2.05) is 6.07 Å². The van der Waals surface area contributed by atoms with Crippen LogP contribution in [0.5, 0.6) is 0 Å². The maximum Gasteiger partial charge on any atom is 0.193 e. The molecule has 0 bridgehead atoms. The minimum atomic E-state index is -1.17. The minimum absolute atomic E-state index is 0.129. The number of benzene rings is 1. The van der Waals surface area contributed by atoms with Gasteiger partial charge in [0.25, 0.3) is 0 Å². The van der Waals surface area contributed by atoms with Crippen LogP contribution in [0.3, 0.4) is 0 Å².